The number of carbonyl (C=O) groups is 1. The Morgan fingerprint density at radius 2 is 1.85 bits per heavy atom. The van der Waals surface area contributed by atoms with E-state index in [0.29, 0.717) is 13.2 Å². The highest BCUT2D eigenvalue weighted by atomic mass is 16.5. The van der Waals surface area contributed by atoms with E-state index in [2.05, 4.69) is 6.92 Å². The first-order valence-corrected chi connectivity index (χ1v) is 5.07. The third kappa shape index (κ3) is 11.4. The molecule has 0 aliphatic carbocycles. The molecule has 0 rings (SSSR count). The van der Waals surface area contributed by atoms with Crippen LogP contribution in [0.4, 0.5) is 0 Å². The first-order valence-electron chi connectivity index (χ1n) is 5.07. The molecule has 0 radical (unpaired) electrons. The van der Waals surface area contributed by atoms with Gasteiger partial charge in [0.05, 0.1) is 13.0 Å². The van der Waals surface area contributed by atoms with Gasteiger partial charge in [-0.1, -0.05) is 32.6 Å². The Labute approximate surface area is 80.1 Å². The molecule has 3 nitrogen and oxygen atoms in total. The van der Waals surface area contributed by atoms with Gasteiger partial charge in [-0.05, 0) is 6.42 Å². The minimum atomic E-state index is -0.786. The number of hydrogen-bond donors (Lipinski definition) is 1. The van der Waals surface area contributed by atoms with Gasteiger partial charge in [-0.25, -0.2) is 0 Å². The molecule has 13 heavy (non-hydrogen) atoms. The van der Waals surface area contributed by atoms with Crippen LogP contribution < -0.4 is 0 Å². The van der Waals surface area contributed by atoms with Gasteiger partial charge in [0.15, 0.2) is 0 Å². The highest BCUT2D eigenvalue weighted by Crippen LogP contribution is 2.02. The molecule has 3 heteroatoms. The first-order chi connectivity index (χ1) is 6.27. The predicted molar refractivity (Wildman–Crippen MR) is 51.8 cm³/mol. The Bertz CT molecular complexity index is 123. The number of carboxylic acid groups (broad SMARTS) is 1. The molecule has 0 unspecified atom stereocenters. The summed E-state index contributed by atoms with van der Waals surface area (Å²) in [5, 5.41) is 8.31. The lowest BCUT2D eigenvalue weighted by Gasteiger charge is -2.01. The molecule has 0 atom stereocenters. The Morgan fingerprint density at radius 1 is 1.15 bits per heavy atom. The minimum Gasteiger partial charge on any atom is -0.481 e. The van der Waals surface area contributed by atoms with Crippen LogP contribution in [0.2, 0.25) is 0 Å². The molecule has 0 aliphatic heterocycles. The number of aliphatic carboxylic acids is 1. The van der Waals surface area contributed by atoms with E-state index in [4.69, 9.17) is 9.84 Å². The summed E-state index contributed by atoms with van der Waals surface area (Å²) in [7, 11) is 0. The van der Waals surface area contributed by atoms with Gasteiger partial charge in [0.1, 0.15) is 0 Å². The van der Waals surface area contributed by atoms with Crippen molar-refractivity contribution in [2.24, 2.45) is 0 Å². The van der Waals surface area contributed by atoms with Crippen molar-refractivity contribution < 1.29 is 14.6 Å². The van der Waals surface area contributed by atoms with Crippen molar-refractivity contribution in [2.75, 3.05) is 13.2 Å². The topological polar surface area (TPSA) is 46.5 Å². The number of ether oxygens (including phenoxy) is 1. The molecule has 0 spiro atoms. The highest BCUT2D eigenvalue weighted by Gasteiger charge is 1.95. The average molecular weight is 188 g/mol. The monoisotopic (exact) mass is 188 g/mol. The molecule has 1 N–H and O–H groups in total. The largest absolute Gasteiger partial charge is 0.481 e. The SMILES string of the molecule is CCCCCCCOCCC(=O)O. The van der Waals surface area contributed by atoms with Gasteiger partial charge in [-0.3, -0.25) is 4.79 Å². The molecule has 0 aromatic rings. The van der Waals surface area contributed by atoms with Gasteiger partial charge in [0, 0.05) is 6.61 Å². The Hall–Kier alpha value is -0.570. The Morgan fingerprint density at radius 3 is 2.46 bits per heavy atom. The van der Waals surface area contributed by atoms with Crippen LogP contribution >= 0.6 is 0 Å². The Balaban J connectivity index is 2.87. The minimum absolute atomic E-state index is 0.120. The third-order valence-corrected chi connectivity index (χ3v) is 1.85. The highest BCUT2D eigenvalue weighted by molar-refractivity contribution is 5.66. The first kappa shape index (κ1) is 12.4. The van der Waals surface area contributed by atoms with E-state index in [-0.39, 0.29) is 6.42 Å². The van der Waals surface area contributed by atoms with E-state index in [1.54, 1.807) is 0 Å². The molecule has 0 amide bonds. The number of rotatable bonds is 9. The number of unbranched alkanes of at least 4 members (excludes halogenated alkanes) is 4. The second-order valence-electron chi connectivity index (χ2n) is 3.17. The van der Waals surface area contributed by atoms with Crippen LogP contribution in [0.3, 0.4) is 0 Å². The van der Waals surface area contributed by atoms with Gasteiger partial charge >= 0.3 is 5.97 Å². The van der Waals surface area contributed by atoms with E-state index in [0.717, 1.165) is 6.42 Å². The van der Waals surface area contributed by atoms with Crippen molar-refractivity contribution >= 4 is 5.97 Å². The van der Waals surface area contributed by atoms with Crippen molar-refractivity contribution in [3.05, 3.63) is 0 Å². The normalized spacial score (nSPS) is 10.2. The predicted octanol–water partition coefficient (Wildman–Crippen LogP) is 2.45. The van der Waals surface area contributed by atoms with Crippen LogP contribution in [0.15, 0.2) is 0 Å². The maximum Gasteiger partial charge on any atom is 0.305 e. The quantitative estimate of drug-likeness (QED) is 0.565. The van der Waals surface area contributed by atoms with Crippen LogP contribution in [0.25, 0.3) is 0 Å². The zero-order chi connectivity index (χ0) is 9.94. The standard InChI is InChI=1S/C10H20O3/c1-2-3-4-5-6-8-13-9-7-10(11)12/h2-9H2,1H3,(H,11,12). The number of hydrogen-bond acceptors (Lipinski definition) is 2. The maximum absolute atomic E-state index is 10.1. The van der Waals surface area contributed by atoms with Crippen LogP contribution in [0, 0.1) is 0 Å². The van der Waals surface area contributed by atoms with Crippen molar-refractivity contribution in [2.45, 2.75) is 45.4 Å². The van der Waals surface area contributed by atoms with Crippen molar-refractivity contribution in [1.29, 1.82) is 0 Å². The lowest BCUT2D eigenvalue weighted by molar-refractivity contribution is -0.138. The summed E-state index contributed by atoms with van der Waals surface area (Å²) in [6.45, 7) is 3.24. The van der Waals surface area contributed by atoms with E-state index < -0.39 is 5.97 Å². The summed E-state index contributed by atoms with van der Waals surface area (Å²) in [5.41, 5.74) is 0. The lowest BCUT2D eigenvalue weighted by atomic mass is 10.2. The molecular weight excluding hydrogens is 168 g/mol. The third-order valence-electron chi connectivity index (χ3n) is 1.85. The summed E-state index contributed by atoms with van der Waals surface area (Å²) in [6, 6.07) is 0. The molecule has 0 aromatic carbocycles. The molecule has 0 heterocycles. The van der Waals surface area contributed by atoms with Gasteiger partial charge < -0.3 is 9.84 Å². The summed E-state index contributed by atoms with van der Waals surface area (Å²) in [4.78, 5) is 10.1. The second kappa shape index (κ2) is 9.52. The van der Waals surface area contributed by atoms with Gasteiger partial charge in [0.25, 0.3) is 0 Å². The van der Waals surface area contributed by atoms with Crippen LogP contribution in [-0.2, 0) is 9.53 Å². The fourth-order valence-corrected chi connectivity index (χ4v) is 1.07. The van der Waals surface area contributed by atoms with Gasteiger partial charge in [0.2, 0.25) is 0 Å². The molecule has 0 saturated heterocycles. The zero-order valence-electron chi connectivity index (χ0n) is 8.42. The zero-order valence-corrected chi connectivity index (χ0v) is 8.42. The van der Waals surface area contributed by atoms with Crippen molar-refractivity contribution in [1.82, 2.24) is 0 Å². The van der Waals surface area contributed by atoms with Gasteiger partial charge in [-0.2, -0.15) is 0 Å². The van der Waals surface area contributed by atoms with E-state index in [1.807, 2.05) is 0 Å². The fraction of sp³-hybridized carbons (Fsp3) is 0.900. The molecule has 78 valence electrons. The Kier molecular flexibility index (Phi) is 9.10. The number of carboxylic acids is 1. The molecule has 0 fully saturated rings. The molecule has 0 aromatic heterocycles. The molecule has 0 saturated carbocycles. The average Bonchev–Trinajstić information content (AvgIpc) is 2.09. The summed E-state index contributed by atoms with van der Waals surface area (Å²) in [5.74, 6) is -0.786. The molecular formula is C10H20O3. The summed E-state index contributed by atoms with van der Waals surface area (Å²) in [6.07, 6.45) is 6.17. The molecule has 0 aliphatic rings. The summed E-state index contributed by atoms with van der Waals surface area (Å²) >= 11 is 0. The summed E-state index contributed by atoms with van der Waals surface area (Å²) < 4.78 is 5.14. The van der Waals surface area contributed by atoms with E-state index >= 15 is 0 Å². The van der Waals surface area contributed by atoms with E-state index in [1.165, 1.54) is 25.7 Å². The van der Waals surface area contributed by atoms with Crippen molar-refractivity contribution in [3.63, 3.8) is 0 Å². The second-order valence-corrected chi connectivity index (χ2v) is 3.17. The van der Waals surface area contributed by atoms with Gasteiger partial charge in [-0.15, -0.1) is 0 Å². The van der Waals surface area contributed by atoms with Crippen molar-refractivity contribution in [3.8, 4) is 0 Å². The van der Waals surface area contributed by atoms with E-state index in [9.17, 15) is 4.79 Å². The maximum atomic E-state index is 10.1. The smallest absolute Gasteiger partial charge is 0.305 e. The van der Waals surface area contributed by atoms with Crippen LogP contribution in [-0.4, -0.2) is 24.3 Å². The van der Waals surface area contributed by atoms with Crippen LogP contribution in [0.1, 0.15) is 45.4 Å². The fourth-order valence-electron chi connectivity index (χ4n) is 1.07. The lowest BCUT2D eigenvalue weighted by Crippen LogP contribution is -2.03. The van der Waals surface area contributed by atoms with Crippen LogP contribution in [0.5, 0.6) is 0 Å². The molecule has 0 bridgehead atoms.